The van der Waals surface area contributed by atoms with E-state index >= 15 is 0 Å². The molecule has 0 spiro atoms. The SMILES string of the molecule is O=c1c2ccccc2n(-c2ccc(-c3ccccc3)cc2)c2ccc(C(F)(F)F)cc12. The third-order valence-electron chi connectivity index (χ3n) is 5.43. The van der Waals surface area contributed by atoms with Crippen molar-refractivity contribution in [1.82, 2.24) is 4.57 Å². The molecule has 5 aromatic rings. The topological polar surface area (TPSA) is 22.0 Å². The van der Waals surface area contributed by atoms with E-state index in [1.807, 2.05) is 65.2 Å². The van der Waals surface area contributed by atoms with E-state index < -0.39 is 17.2 Å². The standard InChI is InChI=1S/C26H16F3NO/c27-26(28,29)19-12-15-24-22(16-19)25(31)21-8-4-5-9-23(21)30(24)20-13-10-18(11-14-20)17-6-2-1-3-7-17/h1-16H. The van der Waals surface area contributed by atoms with Crippen molar-refractivity contribution in [2.24, 2.45) is 0 Å². The second kappa shape index (κ2) is 7.13. The fraction of sp³-hybridized carbons (Fsp3) is 0.0385. The van der Waals surface area contributed by atoms with Gasteiger partial charge in [-0.05, 0) is 53.6 Å². The minimum atomic E-state index is -4.52. The normalized spacial score (nSPS) is 11.8. The maximum Gasteiger partial charge on any atom is 0.416 e. The van der Waals surface area contributed by atoms with Gasteiger partial charge in [0, 0.05) is 16.5 Å². The zero-order valence-corrected chi connectivity index (χ0v) is 16.2. The van der Waals surface area contributed by atoms with Gasteiger partial charge in [0.25, 0.3) is 0 Å². The fourth-order valence-corrected chi connectivity index (χ4v) is 3.94. The number of aromatic nitrogens is 1. The third-order valence-corrected chi connectivity index (χ3v) is 5.43. The van der Waals surface area contributed by atoms with Crippen molar-refractivity contribution < 1.29 is 13.2 Å². The number of hydrogen-bond acceptors (Lipinski definition) is 1. The first kappa shape index (κ1) is 19.1. The molecule has 0 unspecified atom stereocenters. The second-order valence-corrected chi connectivity index (χ2v) is 7.32. The van der Waals surface area contributed by atoms with Gasteiger partial charge in [0.1, 0.15) is 0 Å². The quantitative estimate of drug-likeness (QED) is 0.290. The zero-order valence-electron chi connectivity index (χ0n) is 16.2. The molecule has 0 aliphatic carbocycles. The Morgan fingerprint density at radius 1 is 0.613 bits per heavy atom. The first-order valence-corrected chi connectivity index (χ1v) is 9.74. The maximum atomic E-state index is 13.3. The Balaban J connectivity index is 1.79. The van der Waals surface area contributed by atoms with Gasteiger partial charge in [-0.15, -0.1) is 0 Å². The molecule has 1 aromatic heterocycles. The molecule has 0 aliphatic heterocycles. The van der Waals surface area contributed by atoms with Gasteiger partial charge in [-0.25, -0.2) is 0 Å². The summed E-state index contributed by atoms with van der Waals surface area (Å²) in [6, 6.07) is 28.0. The van der Waals surface area contributed by atoms with Gasteiger partial charge in [0.2, 0.25) is 0 Å². The predicted molar refractivity (Wildman–Crippen MR) is 117 cm³/mol. The van der Waals surface area contributed by atoms with E-state index in [9.17, 15) is 18.0 Å². The van der Waals surface area contributed by atoms with Crippen molar-refractivity contribution in [2.45, 2.75) is 6.18 Å². The molecule has 0 saturated carbocycles. The summed E-state index contributed by atoms with van der Waals surface area (Å²) in [5.41, 5.74) is 2.70. The first-order valence-electron chi connectivity index (χ1n) is 9.74. The second-order valence-electron chi connectivity index (χ2n) is 7.32. The summed E-state index contributed by atoms with van der Waals surface area (Å²) in [6.45, 7) is 0. The highest BCUT2D eigenvalue weighted by atomic mass is 19.4. The van der Waals surface area contributed by atoms with Crippen LogP contribution in [0.1, 0.15) is 5.56 Å². The molecule has 4 aromatic carbocycles. The van der Waals surface area contributed by atoms with Gasteiger partial charge in [0.15, 0.2) is 5.43 Å². The van der Waals surface area contributed by atoms with Crippen LogP contribution in [-0.4, -0.2) is 4.57 Å². The summed E-state index contributed by atoms with van der Waals surface area (Å²) in [5, 5.41) is 0.419. The molecule has 0 radical (unpaired) electrons. The van der Waals surface area contributed by atoms with Crippen molar-refractivity contribution in [3.8, 4) is 16.8 Å². The molecule has 0 saturated heterocycles. The molecule has 1 heterocycles. The molecule has 0 bridgehead atoms. The summed E-state index contributed by atoms with van der Waals surface area (Å²) in [4.78, 5) is 13.0. The van der Waals surface area contributed by atoms with E-state index in [4.69, 9.17) is 0 Å². The van der Waals surface area contributed by atoms with Crippen LogP contribution in [0.2, 0.25) is 0 Å². The largest absolute Gasteiger partial charge is 0.416 e. The number of alkyl halides is 3. The fourth-order valence-electron chi connectivity index (χ4n) is 3.94. The van der Waals surface area contributed by atoms with Crippen LogP contribution in [0.4, 0.5) is 13.2 Å². The molecule has 0 N–H and O–H groups in total. The molecule has 0 atom stereocenters. The summed E-state index contributed by atoms with van der Waals surface area (Å²) in [7, 11) is 0. The Morgan fingerprint density at radius 3 is 1.94 bits per heavy atom. The Kier molecular flexibility index (Phi) is 4.40. The Labute approximate surface area is 175 Å². The van der Waals surface area contributed by atoms with Gasteiger partial charge >= 0.3 is 6.18 Å². The van der Waals surface area contributed by atoms with Crippen molar-refractivity contribution in [3.63, 3.8) is 0 Å². The Hall–Kier alpha value is -3.86. The molecule has 31 heavy (non-hydrogen) atoms. The molecular weight excluding hydrogens is 399 g/mol. The summed E-state index contributed by atoms with van der Waals surface area (Å²) in [6.07, 6.45) is -4.52. The van der Waals surface area contributed by atoms with E-state index in [1.165, 1.54) is 6.07 Å². The van der Waals surface area contributed by atoms with Crippen LogP contribution < -0.4 is 5.43 Å². The smallest absolute Gasteiger partial charge is 0.309 e. The van der Waals surface area contributed by atoms with E-state index in [2.05, 4.69) is 0 Å². The number of nitrogens with zero attached hydrogens (tertiary/aromatic N) is 1. The number of para-hydroxylation sites is 1. The molecule has 0 aliphatic rings. The van der Waals surface area contributed by atoms with E-state index in [0.717, 1.165) is 28.9 Å². The lowest BCUT2D eigenvalue weighted by atomic mass is 10.0. The molecule has 5 heteroatoms. The molecule has 2 nitrogen and oxygen atoms in total. The highest BCUT2D eigenvalue weighted by Crippen LogP contribution is 2.33. The molecule has 5 rings (SSSR count). The van der Waals surface area contributed by atoms with Gasteiger partial charge in [-0.2, -0.15) is 13.2 Å². The Morgan fingerprint density at radius 2 is 1.23 bits per heavy atom. The molecule has 0 fully saturated rings. The van der Waals surface area contributed by atoms with Crippen LogP contribution in [0, 0.1) is 0 Å². The van der Waals surface area contributed by atoms with Crippen LogP contribution in [0.15, 0.2) is 102 Å². The first-order chi connectivity index (χ1) is 14.9. The van der Waals surface area contributed by atoms with Crippen LogP contribution in [0.5, 0.6) is 0 Å². The number of halogens is 3. The third kappa shape index (κ3) is 3.28. The lowest BCUT2D eigenvalue weighted by molar-refractivity contribution is -0.137. The van der Waals surface area contributed by atoms with E-state index in [0.29, 0.717) is 16.4 Å². The summed E-state index contributed by atoms with van der Waals surface area (Å²) < 4.78 is 41.7. The number of hydrogen-bond donors (Lipinski definition) is 0. The number of rotatable bonds is 2. The van der Waals surface area contributed by atoms with Gasteiger partial charge < -0.3 is 4.57 Å². The monoisotopic (exact) mass is 415 g/mol. The average Bonchev–Trinajstić information content (AvgIpc) is 2.79. The van der Waals surface area contributed by atoms with Crippen molar-refractivity contribution in [2.75, 3.05) is 0 Å². The van der Waals surface area contributed by atoms with Crippen LogP contribution in [-0.2, 0) is 6.18 Å². The number of fused-ring (bicyclic) bond motifs is 2. The van der Waals surface area contributed by atoms with Gasteiger partial charge in [-0.1, -0.05) is 54.6 Å². The molecular formula is C26H16F3NO. The Bertz CT molecular complexity index is 1470. The summed E-state index contributed by atoms with van der Waals surface area (Å²) in [5.74, 6) is 0. The molecule has 152 valence electrons. The van der Waals surface area contributed by atoms with E-state index in [-0.39, 0.29) is 5.39 Å². The van der Waals surface area contributed by atoms with Crippen molar-refractivity contribution in [1.29, 1.82) is 0 Å². The summed E-state index contributed by atoms with van der Waals surface area (Å²) >= 11 is 0. The highest BCUT2D eigenvalue weighted by molar-refractivity contribution is 5.95. The van der Waals surface area contributed by atoms with Gasteiger partial charge in [-0.3, -0.25) is 4.79 Å². The van der Waals surface area contributed by atoms with Crippen molar-refractivity contribution >= 4 is 21.8 Å². The minimum absolute atomic E-state index is 0.0423. The lowest BCUT2D eigenvalue weighted by Crippen LogP contribution is -2.12. The number of benzene rings is 4. The van der Waals surface area contributed by atoms with E-state index in [1.54, 1.807) is 18.2 Å². The predicted octanol–water partition coefficient (Wildman–Crippen LogP) is 6.83. The number of pyridine rings is 1. The highest BCUT2D eigenvalue weighted by Gasteiger charge is 2.31. The average molecular weight is 415 g/mol. The zero-order chi connectivity index (χ0) is 21.6. The minimum Gasteiger partial charge on any atom is -0.309 e. The van der Waals surface area contributed by atoms with Crippen LogP contribution in [0.3, 0.4) is 0 Å². The molecule has 0 amide bonds. The van der Waals surface area contributed by atoms with Crippen LogP contribution in [0.25, 0.3) is 38.6 Å². The lowest BCUT2D eigenvalue weighted by Gasteiger charge is -2.17. The van der Waals surface area contributed by atoms with Crippen molar-refractivity contribution in [3.05, 3.63) is 113 Å². The van der Waals surface area contributed by atoms with Gasteiger partial charge in [0.05, 0.1) is 16.6 Å². The maximum absolute atomic E-state index is 13.3. The van der Waals surface area contributed by atoms with Crippen LogP contribution >= 0.6 is 0 Å².